The van der Waals surface area contributed by atoms with Crippen molar-refractivity contribution in [3.63, 3.8) is 0 Å². The second-order valence-electron chi connectivity index (χ2n) is 7.14. The molecular formula is C18H31N3O2. The normalized spacial score (nSPS) is 21.6. The van der Waals surface area contributed by atoms with E-state index in [-0.39, 0.29) is 11.9 Å². The van der Waals surface area contributed by atoms with E-state index in [4.69, 9.17) is 0 Å². The summed E-state index contributed by atoms with van der Waals surface area (Å²) in [6.45, 7) is 7.65. The molecule has 130 valence electrons. The van der Waals surface area contributed by atoms with E-state index in [0.29, 0.717) is 44.4 Å². The lowest BCUT2D eigenvalue weighted by Gasteiger charge is -2.35. The van der Waals surface area contributed by atoms with Gasteiger partial charge in [-0.2, -0.15) is 0 Å². The Morgan fingerprint density at radius 2 is 1.83 bits per heavy atom. The summed E-state index contributed by atoms with van der Waals surface area (Å²) in [7, 11) is 0. The summed E-state index contributed by atoms with van der Waals surface area (Å²) in [5.74, 6) is 1.36. The third-order valence-corrected chi connectivity index (χ3v) is 4.77. The lowest BCUT2D eigenvalue weighted by molar-refractivity contribution is -0.132. The van der Waals surface area contributed by atoms with Gasteiger partial charge < -0.3 is 15.1 Å². The van der Waals surface area contributed by atoms with Gasteiger partial charge in [0.2, 0.25) is 5.91 Å². The summed E-state index contributed by atoms with van der Waals surface area (Å²) < 4.78 is 0. The first-order valence-electron chi connectivity index (χ1n) is 9.02. The maximum Gasteiger partial charge on any atom is 0.317 e. The molecule has 1 fully saturated rings. The van der Waals surface area contributed by atoms with Crippen LogP contribution in [0.2, 0.25) is 0 Å². The Kier molecular flexibility index (Phi) is 6.93. The number of rotatable bonds is 5. The molecule has 1 aliphatic carbocycles. The minimum Gasteiger partial charge on any atom is -0.339 e. The van der Waals surface area contributed by atoms with Crippen LogP contribution in [0.3, 0.4) is 0 Å². The van der Waals surface area contributed by atoms with E-state index in [2.05, 4.69) is 31.3 Å². The summed E-state index contributed by atoms with van der Waals surface area (Å²) in [4.78, 5) is 28.1. The number of carbonyl (C=O) groups excluding carboxylic acids is 2. The fourth-order valence-electron chi connectivity index (χ4n) is 3.11. The molecule has 1 heterocycles. The average Bonchev–Trinajstić information content (AvgIpc) is 2.58. The molecule has 2 rings (SSSR count). The zero-order valence-corrected chi connectivity index (χ0v) is 14.6. The summed E-state index contributed by atoms with van der Waals surface area (Å²) >= 11 is 0. The highest BCUT2D eigenvalue weighted by atomic mass is 16.2. The van der Waals surface area contributed by atoms with Crippen LogP contribution >= 0.6 is 0 Å². The monoisotopic (exact) mass is 321 g/mol. The van der Waals surface area contributed by atoms with Gasteiger partial charge in [0, 0.05) is 39.1 Å². The SMILES string of the molecule is CC(C)CCC(=O)N1CCN(C(=O)NCC2CC=CCC2)CC1. The van der Waals surface area contributed by atoms with Crippen LogP contribution in [0.1, 0.15) is 46.0 Å². The summed E-state index contributed by atoms with van der Waals surface area (Å²) in [5, 5.41) is 3.06. The van der Waals surface area contributed by atoms with Crippen molar-refractivity contribution in [1.82, 2.24) is 15.1 Å². The molecule has 0 radical (unpaired) electrons. The molecule has 1 saturated heterocycles. The highest BCUT2D eigenvalue weighted by Gasteiger charge is 2.24. The second-order valence-corrected chi connectivity index (χ2v) is 7.14. The molecule has 5 nitrogen and oxygen atoms in total. The molecule has 0 aromatic heterocycles. The van der Waals surface area contributed by atoms with Crippen LogP contribution in [0.15, 0.2) is 12.2 Å². The predicted molar refractivity (Wildman–Crippen MR) is 92.1 cm³/mol. The Hall–Kier alpha value is -1.52. The van der Waals surface area contributed by atoms with E-state index in [9.17, 15) is 9.59 Å². The van der Waals surface area contributed by atoms with Crippen molar-refractivity contribution in [2.75, 3.05) is 32.7 Å². The number of carbonyl (C=O) groups is 2. The molecule has 0 bridgehead atoms. The Balaban J connectivity index is 1.66. The fourth-order valence-corrected chi connectivity index (χ4v) is 3.11. The van der Waals surface area contributed by atoms with E-state index in [0.717, 1.165) is 32.2 Å². The Morgan fingerprint density at radius 3 is 2.43 bits per heavy atom. The smallest absolute Gasteiger partial charge is 0.317 e. The van der Waals surface area contributed by atoms with E-state index < -0.39 is 0 Å². The Bertz CT molecular complexity index is 426. The molecule has 2 aliphatic rings. The number of hydrogen-bond donors (Lipinski definition) is 1. The predicted octanol–water partition coefficient (Wildman–Crippen LogP) is 2.63. The molecule has 0 spiro atoms. The molecule has 0 aromatic carbocycles. The molecular weight excluding hydrogens is 290 g/mol. The van der Waals surface area contributed by atoms with E-state index in [1.165, 1.54) is 0 Å². The Labute approximate surface area is 140 Å². The number of nitrogens with one attached hydrogen (secondary N) is 1. The first kappa shape index (κ1) is 17.8. The van der Waals surface area contributed by atoms with Crippen LogP contribution in [-0.4, -0.2) is 54.5 Å². The van der Waals surface area contributed by atoms with Crippen LogP contribution in [0.25, 0.3) is 0 Å². The lowest BCUT2D eigenvalue weighted by atomic mass is 9.94. The van der Waals surface area contributed by atoms with Crippen molar-refractivity contribution in [2.24, 2.45) is 11.8 Å². The lowest BCUT2D eigenvalue weighted by Crippen LogP contribution is -2.53. The zero-order valence-electron chi connectivity index (χ0n) is 14.6. The van der Waals surface area contributed by atoms with Gasteiger partial charge in [0.25, 0.3) is 0 Å². The topological polar surface area (TPSA) is 52.7 Å². The number of piperazine rings is 1. The molecule has 23 heavy (non-hydrogen) atoms. The number of amides is 3. The van der Waals surface area contributed by atoms with Gasteiger partial charge in [0.1, 0.15) is 0 Å². The fraction of sp³-hybridized carbons (Fsp3) is 0.778. The maximum absolute atomic E-state index is 12.2. The van der Waals surface area contributed by atoms with Crippen molar-refractivity contribution in [3.8, 4) is 0 Å². The van der Waals surface area contributed by atoms with Gasteiger partial charge in [-0.3, -0.25) is 4.79 Å². The zero-order chi connectivity index (χ0) is 16.7. The molecule has 5 heteroatoms. The van der Waals surface area contributed by atoms with Crippen molar-refractivity contribution in [1.29, 1.82) is 0 Å². The molecule has 0 saturated carbocycles. The maximum atomic E-state index is 12.2. The first-order valence-corrected chi connectivity index (χ1v) is 9.02. The molecule has 0 aromatic rings. The summed E-state index contributed by atoms with van der Waals surface area (Å²) in [6, 6.07) is 0.0221. The molecule has 3 amide bonds. The highest BCUT2D eigenvalue weighted by Crippen LogP contribution is 2.17. The van der Waals surface area contributed by atoms with E-state index in [1.807, 2.05) is 9.80 Å². The molecule has 1 unspecified atom stereocenters. The van der Waals surface area contributed by atoms with Gasteiger partial charge in [-0.15, -0.1) is 0 Å². The van der Waals surface area contributed by atoms with Gasteiger partial charge in [-0.05, 0) is 37.5 Å². The first-order chi connectivity index (χ1) is 11.1. The van der Waals surface area contributed by atoms with Crippen LogP contribution < -0.4 is 5.32 Å². The minimum absolute atomic E-state index is 0.0221. The Morgan fingerprint density at radius 1 is 1.13 bits per heavy atom. The van der Waals surface area contributed by atoms with Crippen LogP contribution in [0.4, 0.5) is 4.79 Å². The largest absolute Gasteiger partial charge is 0.339 e. The third kappa shape index (κ3) is 5.88. The van der Waals surface area contributed by atoms with Gasteiger partial charge in [0.05, 0.1) is 0 Å². The number of urea groups is 1. The van der Waals surface area contributed by atoms with Crippen molar-refractivity contribution >= 4 is 11.9 Å². The van der Waals surface area contributed by atoms with Crippen molar-refractivity contribution in [3.05, 3.63) is 12.2 Å². The standard InChI is InChI=1S/C18H31N3O2/c1-15(2)8-9-17(22)20-10-12-21(13-11-20)18(23)19-14-16-6-4-3-5-7-16/h3-4,15-16H,5-14H2,1-2H3,(H,19,23). The highest BCUT2D eigenvalue weighted by molar-refractivity contribution is 5.77. The van der Waals surface area contributed by atoms with E-state index >= 15 is 0 Å². The number of nitrogens with zero attached hydrogens (tertiary/aromatic N) is 2. The number of hydrogen-bond acceptors (Lipinski definition) is 2. The number of allylic oxidation sites excluding steroid dienone is 2. The molecule has 1 aliphatic heterocycles. The van der Waals surface area contributed by atoms with Gasteiger partial charge in [-0.1, -0.05) is 26.0 Å². The molecule has 1 N–H and O–H groups in total. The second kappa shape index (κ2) is 8.94. The van der Waals surface area contributed by atoms with Crippen LogP contribution in [0, 0.1) is 11.8 Å². The third-order valence-electron chi connectivity index (χ3n) is 4.77. The molecule has 1 atom stereocenters. The van der Waals surface area contributed by atoms with Gasteiger partial charge >= 0.3 is 6.03 Å². The van der Waals surface area contributed by atoms with Gasteiger partial charge in [0.15, 0.2) is 0 Å². The van der Waals surface area contributed by atoms with Crippen molar-refractivity contribution in [2.45, 2.75) is 46.0 Å². The van der Waals surface area contributed by atoms with Crippen molar-refractivity contribution < 1.29 is 9.59 Å². The van der Waals surface area contributed by atoms with E-state index in [1.54, 1.807) is 0 Å². The summed E-state index contributed by atoms with van der Waals surface area (Å²) in [5.41, 5.74) is 0. The average molecular weight is 321 g/mol. The quantitative estimate of drug-likeness (QED) is 0.792. The summed E-state index contributed by atoms with van der Waals surface area (Å²) in [6.07, 6.45) is 9.34. The van der Waals surface area contributed by atoms with Crippen LogP contribution in [-0.2, 0) is 4.79 Å². The van der Waals surface area contributed by atoms with Gasteiger partial charge in [-0.25, -0.2) is 4.79 Å². The minimum atomic E-state index is 0.0221. The van der Waals surface area contributed by atoms with Crippen LogP contribution in [0.5, 0.6) is 0 Å².